The largest absolute Gasteiger partial charge is 0.378 e. The molecule has 1 heterocycles. The molecule has 0 aliphatic carbocycles. The third-order valence-electron chi connectivity index (χ3n) is 4.25. The molecule has 3 nitrogen and oxygen atoms in total. The van der Waals surface area contributed by atoms with E-state index in [9.17, 15) is 0 Å². The molecule has 0 amide bonds. The first-order valence-corrected chi connectivity index (χ1v) is 7.59. The van der Waals surface area contributed by atoms with Crippen LogP contribution in [-0.2, 0) is 11.3 Å². The van der Waals surface area contributed by atoms with Gasteiger partial charge in [0.15, 0.2) is 0 Å². The lowest BCUT2D eigenvalue weighted by Gasteiger charge is -2.42. The van der Waals surface area contributed by atoms with Gasteiger partial charge in [-0.05, 0) is 37.9 Å². The normalized spacial score (nSPS) is 20.8. The molecule has 0 saturated carbocycles. The SMILES string of the molecule is CNCC(C)c1ccc(CN2CCOCC2(C)C)cc1. The summed E-state index contributed by atoms with van der Waals surface area (Å²) in [6.45, 7) is 11.5. The van der Waals surface area contributed by atoms with Crippen LogP contribution in [0.3, 0.4) is 0 Å². The molecule has 1 N–H and O–H groups in total. The maximum Gasteiger partial charge on any atom is 0.0645 e. The highest BCUT2D eigenvalue weighted by Crippen LogP contribution is 2.22. The van der Waals surface area contributed by atoms with Crippen molar-refractivity contribution in [2.75, 3.05) is 33.4 Å². The van der Waals surface area contributed by atoms with E-state index in [0.717, 1.165) is 32.8 Å². The molecular formula is C17H28N2O. The lowest BCUT2D eigenvalue weighted by Crippen LogP contribution is -2.52. The van der Waals surface area contributed by atoms with Crippen molar-refractivity contribution >= 4 is 0 Å². The highest BCUT2D eigenvalue weighted by Gasteiger charge is 2.30. The second-order valence-corrected chi connectivity index (χ2v) is 6.49. The standard InChI is InChI=1S/C17H28N2O/c1-14(11-18-4)16-7-5-15(6-8-16)12-19-9-10-20-13-17(19,2)3/h5-8,14,18H,9-13H2,1-4H3. The minimum absolute atomic E-state index is 0.135. The quantitative estimate of drug-likeness (QED) is 0.895. The van der Waals surface area contributed by atoms with E-state index in [4.69, 9.17) is 4.74 Å². The molecule has 2 rings (SSSR count). The van der Waals surface area contributed by atoms with E-state index in [1.165, 1.54) is 11.1 Å². The summed E-state index contributed by atoms with van der Waals surface area (Å²) in [5.74, 6) is 0.564. The number of hydrogen-bond donors (Lipinski definition) is 1. The number of nitrogens with one attached hydrogen (secondary N) is 1. The van der Waals surface area contributed by atoms with Gasteiger partial charge in [-0.2, -0.15) is 0 Å². The van der Waals surface area contributed by atoms with Crippen molar-refractivity contribution in [2.45, 2.75) is 38.8 Å². The number of ether oxygens (including phenoxy) is 1. The molecule has 1 unspecified atom stereocenters. The van der Waals surface area contributed by atoms with E-state index in [2.05, 4.69) is 55.3 Å². The molecule has 3 heteroatoms. The monoisotopic (exact) mass is 276 g/mol. The Kier molecular flexibility index (Phi) is 5.19. The smallest absolute Gasteiger partial charge is 0.0645 e. The second kappa shape index (κ2) is 6.70. The fourth-order valence-electron chi connectivity index (χ4n) is 2.78. The highest BCUT2D eigenvalue weighted by atomic mass is 16.5. The third kappa shape index (κ3) is 3.81. The van der Waals surface area contributed by atoms with Gasteiger partial charge in [-0.1, -0.05) is 31.2 Å². The van der Waals surface area contributed by atoms with E-state index in [1.54, 1.807) is 0 Å². The van der Waals surface area contributed by atoms with Crippen molar-refractivity contribution in [1.29, 1.82) is 0 Å². The number of hydrogen-bond acceptors (Lipinski definition) is 3. The zero-order valence-corrected chi connectivity index (χ0v) is 13.3. The molecule has 1 saturated heterocycles. The van der Waals surface area contributed by atoms with Crippen molar-refractivity contribution in [3.63, 3.8) is 0 Å². The van der Waals surface area contributed by atoms with Gasteiger partial charge in [0.25, 0.3) is 0 Å². The Balaban J connectivity index is 2.00. The zero-order valence-electron chi connectivity index (χ0n) is 13.3. The lowest BCUT2D eigenvalue weighted by molar-refractivity contribution is -0.0552. The summed E-state index contributed by atoms with van der Waals surface area (Å²) in [5, 5.41) is 3.23. The van der Waals surface area contributed by atoms with Crippen LogP contribution in [0.1, 0.15) is 37.8 Å². The van der Waals surface area contributed by atoms with Gasteiger partial charge in [-0.25, -0.2) is 0 Å². The van der Waals surface area contributed by atoms with Gasteiger partial charge in [0.1, 0.15) is 0 Å². The molecule has 1 aromatic rings. The van der Waals surface area contributed by atoms with E-state index in [-0.39, 0.29) is 5.54 Å². The number of morpholine rings is 1. The van der Waals surface area contributed by atoms with Gasteiger partial charge in [0, 0.05) is 25.2 Å². The van der Waals surface area contributed by atoms with E-state index in [0.29, 0.717) is 5.92 Å². The Morgan fingerprint density at radius 1 is 1.30 bits per heavy atom. The Bertz CT molecular complexity index is 414. The summed E-state index contributed by atoms with van der Waals surface area (Å²) in [7, 11) is 2.01. The summed E-state index contributed by atoms with van der Waals surface area (Å²) in [5.41, 5.74) is 2.93. The topological polar surface area (TPSA) is 24.5 Å². The lowest BCUT2D eigenvalue weighted by atomic mass is 9.98. The average molecular weight is 276 g/mol. The van der Waals surface area contributed by atoms with E-state index >= 15 is 0 Å². The molecule has 0 radical (unpaired) electrons. The molecule has 1 atom stereocenters. The van der Waals surface area contributed by atoms with Crippen LogP contribution in [0.5, 0.6) is 0 Å². The van der Waals surface area contributed by atoms with Crippen molar-refractivity contribution in [3.05, 3.63) is 35.4 Å². The van der Waals surface area contributed by atoms with Crippen LogP contribution in [0.2, 0.25) is 0 Å². The van der Waals surface area contributed by atoms with Gasteiger partial charge >= 0.3 is 0 Å². The number of likely N-dealkylation sites (N-methyl/N-ethyl adjacent to an activating group) is 1. The highest BCUT2D eigenvalue weighted by molar-refractivity contribution is 5.25. The fourth-order valence-corrected chi connectivity index (χ4v) is 2.78. The third-order valence-corrected chi connectivity index (χ3v) is 4.25. The summed E-state index contributed by atoms with van der Waals surface area (Å²) < 4.78 is 5.58. The van der Waals surface area contributed by atoms with Gasteiger partial charge in [0.05, 0.1) is 13.2 Å². The van der Waals surface area contributed by atoms with Gasteiger partial charge in [0.2, 0.25) is 0 Å². The zero-order chi connectivity index (χ0) is 14.6. The van der Waals surface area contributed by atoms with Gasteiger partial charge < -0.3 is 10.1 Å². The Labute approximate surface area is 123 Å². The summed E-state index contributed by atoms with van der Waals surface area (Å²) in [6.07, 6.45) is 0. The maximum absolute atomic E-state index is 5.58. The van der Waals surface area contributed by atoms with Crippen LogP contribution in [-0.4, -0.2) is 43.8 Å². The first-order chi connectivity index (χ1) is 9.53. The minimum Gasteiger partial charge on any atom is -0.378 e. The fraction of sp³-hybridized carbons (Fsp3) is 0.647. The van der Waals surface area contributed by atoms with Crippen LogP contribution in [0.25, 0.3) is 0 Å². The number of rotatable bonds is 5. The van der Waals surface area contributed by atoms with Crippen molar-refractivity contribution < 1.29 is 4.74 Å². The first kappa shape index (κ1) is 15.5. The minimum atomic E-state index is 0.135. The summed E-state index contributed by atoms with van der Waals surface area (Å²) >= 11 is 0. The van der Waals surface area contributed by atoms with Gasteiger partial charge in [-0.3, -0.25) is 4.90 Å². The Hall–Kier alpha value is -0.900. The molecule has 0 aromatic heterocycles. The Morgan fingerprint density at radius 2 is 2.00 bits per heavy atom. The van der Waals surface area contributed by atoms with Crippen molar-refractivity contribution in [1.82, 2.24) is 10.2 Å². The van der Waals surface area contributed by atoms with Crippen LogP contribution in [0.15, 0.2) is 24.3 Å². The molecule has 0 spiro atoms. The molecule has 1 aliphatic heterocycles. The average Bonchev–Trinajstić information content (AvgIpc) is 2.42. The van der Waals surface area contributed by atoms with Crippen molar-refractivity contribution in [3.8, 4) is 0 Å². The predicted octanol–water partition coefficient (Wildman–Crippen LogP) is 2.62. The van der Waals surface area contributed by atoms with E-state index in [1.807, 2.05) is 7.05 Å². The first-order valence-electron chi connectivity index (χ1n) is 7.59. The molecule has 20 heavy (non-hydrogen) atoms. The molecule has 0 bridgehead atoms. The molecule has 1 aliphatic rings. The second-order valence-electron chi connectivity index (χ2n) is 6.49. The summed E-state index contributed by atoms with van der Waals surface area (Å²) in [6, 6.07) is 9.08. The molecule has 1 fully saturated rings. The van der Waals surface area contributed by atoms with Crippen LogP contribution in [0, 0.1) is 0 Å². The molecule has 112 valence electrons. The van der Waals surface area contributed by atoms with Crippen LogP contribution >= 0.6 is 0 Å². The predicted molar refractivity (Wildman–Crippen MR) is 84.1 cm³/mol. The number of benzene rings is 1. The van der Waals surface area contributed by atoms with Crippen molar-refractivity contribution in [2.24, 2.45) is 0 Å². The molecular weight excluding hydrogens is 248 g/mol. The van der Waals surface area contributed by atoms with Crippen LogP contribution in [0.4, 0.5) is 0 Å². The number of nitrogens with zero attached hydrogens (tertiary/aromatic N) is 1. The Morgan fingerprint density at radius 3 is 2.60 bits per heavy atom. The molecule has 1 aromatic carbocycles. The summed E-state index contributed by atoms with van der Waals surface area (Å²) in [4.78, 5) is 2.52. The van der Waals surface area contributed by atoms with E-state index < -0.39 is 0 Å². The van der Waals surface area contributed by atoms with Crippen LogP contribution < -0.4 is 5.32 Å². The maximum atomic E-state index is 5.58. The van der Waals surface area contributed by atoms with Gasteiger partial charge in [-0.15, -0.1) is 0 Å².